The first-order valence-corrected chi connectivity index (χ1v) is 6.66. The summed E-state index contributed by atoms with van der Waals surface area (Å²) >= 11 is 0. The van der Waals surface area contributed by atoms with E-state index in [4.69, 9.17) is 5.73 Å². The normalized spacial score (nSPS) is 11.0. The highest BCUT2D eigenvalue weighted by Crippen LogP contribution is 2.20. The number of hydrogen-bond acceptors (Lipinski definition) is 2. The Morgan fingerprint density at radius 3 is 2.48 bits per heavy atom. The summed E-state index contributed by atoms with van der Waals surface area (Å²) in [5, 5.41) is 2.28. The molecule has 0 atom stereocenters. The second kappa shape index (κ2) is 5.59. The number of nitrogens with two attached hydrogens (primary N) is 1. The zero-order chi connectivity index (χ0) is 14.7. The Morgan fingerprint density at radius 1 is 0.905 bits per heavy atom. The van der Waals surface area contributed by atoms with Crippen molar-refractivity contribution >= 4 is 28.6 Å². The topological polar surface area (TPSA) is 55.5 Å². The van der Waals surface area contributed by atoms with Crippen LogP contribution in [0.1, 0.15) is 15.9 Å². The Morgan fingerprint density at radius 2 is 1.62 bits per heavy atom. The molecule has 0 aromatic heterocycles. The molecular formula is C18H14N2O. The van der Waals surface area contributed by atoms with Gasteiger partial charge in [-0.3, -0.25) is 9.79 Å². The maximum absolute atomic E-state index is 11.4. The van der Waals surface area contributed by atoms with Gasteiger partial charge >= 0.3 is 0 Å². The van der Waals surface area contributed by atoms with Crippen molar-refractivity contribution in [1.29, 1.82) is 0 Å². The van der Waals surface area contributed by atoms with Gasteiger partial charge in [-0.1, -0.05) is 54.6 Å². The summed E-state index contributed by atoms with van der Waals surface area (Å²) < 4.78 is 0. The quantitative estimate of drug-likeness (QED) is 0.727. The molecule has 0 aliphatic rings. The number of carbonyl (C=O) groups excluding carboxylic acids is 1. The maximum Gasteiger partial charge on any atom is 0.250 e. The van der Waals surface area contributed by atoms with Crippen molar-refractivity contribution in [3.05, 3.63) is 77.9 Å². The van der Waals surface area contributed by atoms with Crippen molar-refractivity contribution in [1.82, 2.24) is 0 Å². The van der Waals surface area contributed by atoms with Crippen molar-refractivity contribution in [3.63, 3.8) is 0 Å². The SMILES string of the molecule is NC(=O)c1ccccc1N=Cc1cccc2ccccc12. The van der Waals surface area contributed by atoms with Crippen molar-refractivity contribution in [2.24, 2.45) is 10.7 Å². The van der Waals surface area contributed by atoms with Crippen LogP contribution in [0.15, 0.2) is 71.7 Å². The summed E-state index contributed by atoms with van der Waals surface area (Å²) in [7, 11) is 0. The van der Waals surface area contributed by atoms with Gasteiger partial charge in [-0.15, -0.1) is 0 Å². The third kappa shape index (κ3) is 2.67. The summed E-state index contributed by atoms with van der Waals surface area (Å²) in [4.78, 5) is 15.8. The molecule has 3 heteroatoms. The Hall–Kier alpha value is -2.94. The van der Waals surface area contributed by atoms with Crippen LogP contribution < -0.4 is 5.73 Å². The molecule has 3 rings (SSSR count). The molecule has 3 nitrogen and oxygen atoms in total. The minimum absolute atomic E-state index is 0.425. The highest BCUT2D eigenvalue weighted by atomic mass is 16.1. The second-order valence-corrected chi connectivity index (χ2v) is 4.71. The molecule has 0 fully saturated rings. The van der Waals surface area contributed by atoms with Crippen molar-refractivity contribution < 1.29 is 4.79 Å². The van der Waals surface area contributed by atoms with Gasteiger partial charge in [0.15, 0.2) is 0 Å². The van der Waals surface area contributed by atoms with Crippen LogP contribution in [0.3, 0.4) is 0 Å². The zero-order valence-electron chi connectivity index (χ0n) is 11.4. The van der Waals surface area contributed by atoms with Crippen LogP contribution in [-0.4, -0.2) is 12.1 Å². The molecule has 0 saturated heterocycles. The molecule has 0 bridgehead atoms. The fraction of sp³-hybridized carbons (Fsp3) is 0. The lowest BCUT2D eigenvalue weighted by molar-refractivity contribution is 0.100. The molecule has 3 aromatic carbocycles. The fourth-order valence-electron chi connectivity index (χ4n) is 2.30. The first-order chi connectivity index (χ1) is 10.3. The van der Waals surface area contributed by atoms with E-state index in [0.717, 1.165) is 16.3 Å². The molecular weight excluding hydrogens is 260 g/mol. The van der Waals surface area contributed by atoms with Gasteiger partial charge < -0.3 is 5.73 Å². The number of nitrogens with zero attached hydrogens (tertiary/aromatic N) is 1. The van der Waals surface area contributed by atoms with Crippen LogP contribution >= 0.6 is 0 Å². The predicted molar refractivity (Wildman–Crippen MR) is 86.2 cm³/mol. The number of hydrogen-bond donors (Lipinski definition) is 1. The molecule has 2 N–H and O–H groups in total. The summed E-state index contributed by atoms with van der Waals surface area (Å²) in [6.45, 7) is 0. The van der Waals surface area contributed by atoms with Gasteiger partial charge in [0.2, 0.25) is 0 Å². The van der Waals surface area contributed by atoms with Crippen LogP contribution in [0, 0.1) is 0 Å². The average Bonchev–Trinajstić information content (AvgIpc) is 2.53. The van der Waals surface area contributed by atoms with Gasteiger partial charge in [0.25, 0.3) is 5.91 Å². The molecule has 21 heavy (non-hydrogen) atoms. The van der Waals surface area contributed by atoms with Crippen LogP contribution in [0.4, 0.5) is 5.69 Å². The smallest absolute Gasteiger partial charge is 0.250 e. The molecule has 0 spiro atoms. The molecule has 0 aliphatic heterocycles. The third-order valence-electron chi connectivity index (χ3n) is 3.34. The van der Waals surface area contributed by atoms with E-state index in [1.54, 1.807) is 24.4 Å². The van der Waals surface area contributed by atoms with Crippen LogP contribution in [0.25, 0.3) is 10.8 Å². The van der Waals surface area contributed by atoms with E-state index >= 15 is 0 Å². The van der Waals surface area contributed by atoms with Gasteiger partial charge in [0.05, 0.1) is 11.3 Å². The Kier molecular flexibility index (Phi) is 3.48. The van der Waals surface area contributed by atoms with Gasteiger partial charge in [-0.25, -0.2) is 0 Å². The molecule has 0 heterocycles. The van der Waals surface area contributed by atoms with E-state index in [-0.39, 0.29) is 0 Å². The lowest BCUT2D eigenvalue weighted by atomic mass is 10.1. The summed E-state index contributed by atoms with van der Waals surface area (Å²) in [6, 6.07) is 21.2. The van der Waals surface area contributed by atoms with E-state index in [2.05, 4.69) is 23.2 Å². The minimum Gasteiger partial charge on any atom is -0.366 e. The number of primary amides is 1. The van der Waals surface area contributed by atoms with Crippen LogP contribution in [-0.2, 0) is 0 Å². The number of para-hydroxylation sites is 1. The second-order valence-electron chi connectivity index (χ2n) is 4.71. The van der Waals surface area contributed by atoms with E-state index in [1.165, 1.54) is 0 Å². The molecule has 1 amide bonds. The summed E-state index contributed by atoms with van der Waals surface area (Å²) in [5.74, 6) is -0.472. The number of carbonyl (C=O) groups is 1. The van der Waals surface area contributed by atoms with Gasteiger partial charge in [-0.2, -0.15) is 0 Å². The lowest BCUT2D eigenvalue weighted by Gasteiger charge is -2.03. The largest absolute Gasteiger partial charge is 0.366 e. The number of amides is 1. The number of aliphatic imine (C=N–C) groups is 1. The maximum atomic E-state index is 11.4. The Labute approximate surface area is 122 Å². The first-order valence-electron chi connectivity index (χ1n) is 6.66. The van der Waals surface area contributed by atoms with Crippen LogP contribution in [0.2, 0.25) is 0 Å². The standard InChI is InChI=1S/C18H14N2O/c19-18(21)16-10-3-4-11-17(16)20-12-14-8-5-7-13-6-1-2-9-15(13)14/h1-12H,(H2,19,21). The number of rotatable bonds is 3. The molecule has 0 aliphatic carbocycles. The molecule has 0 radical (unpaired) electrons. The first kappa shape index (κ1) is 13.1. The van der Waals surface area contributed by atoms with Gasteiger partial charge in [0, 0.05) is 11.8 Å². The Balaban J connectivity index is 2.05. The minimum atomic E-state index is -0.472. The third-order valence-corrected chi connectivity index (χ3v) is 3.34. The van der Waals surface area contributed by atoms with Crippen molar-refractivity contribution in [2.45, 2.75) is 0 Å². The molecule has 0 unspecified atom stereocenters. The van der Waals surface area contributed by atoms with Gasteiger partial charge in [0.1, 0.15) is 0 Å². The molecule has 102 valence electrons. The number of benzene rings is 3. The zero-order valence-corrected chi connectivity index (χ0v) is 11.4. The molecule has 3 aromatic rings. The van der Waals surface area contributed by atoms with Crippen molar-refractivity contribution in [2.75, 3.05) is 0 Å². The van der Waals surface area contributed by atoms with E-state index in [1.807, 2.05) is 30.3 Å². The summed E-state index contributed by atoms with van der Waals surface area (Å²) in [6.07, 6.45) is 1.77. The van der Waals surface area contributed by atoms with E-state index in [9.17, 15) is 4.79 Å². The fourth-order valence-corrected chi connectivity index (χ4v) is 2.30. The van der Waals surface area contributed by atoms with Crippen LogP contribution in [0.5, 0.6) is 0 Å². The van der Waals surface area contributed by atoms with E-state index < -0.39 is 5.91 Å². The number of fused-ring (bicyclic) bond motifs is 1. The average molecular weight is 274 g/mol. The van der Waals surface area contributed by atoms with E-state index in [0.29, 0.717) is 11.3 Å². The summed E-state index contributed by atoms with van der Waals surface area (Å²) in [5.41, 5.74) is 7.37. The lowest BCUT2D eigenvalue weighted by Crippen LogP contribution is -2.10. The highest BCUT2D eigenvalue weighted by Gasteiger charge is 2.05. The predicted octanol–water partition coefficient (Wildman–Crippen LogP) is 3.69. The Bertz CT molecular complexity index is 832. The van der Waals surface area contributed by atoms with Gasteiger partial charge in [-0.05, 0) is 22.9 Å². The highest BCUT2D eigenvalue weighted by molar-refractivity contribution is 6.02. The monoisotopic (exact) mass is 274 g/mol. The van der Waals surface area contributed by atoms with Crippen molar-refractivity contribution in [3.8, 4) is 0 Å². The molecule has 0 saturated carbocycles.